The summed E-state index contributed by atoms with van der Waals surface area (Å²) < 4.78 is 0. The summed E-state index contributed by atoms with van der Waals surface area (Å²) in [5.41, 5.74) is 1.45. The fraction of sp³-hybridized carbons (Fsp3) is 0.647. The number of benzene rings is 1. The first kappa shape index (κ1) is 13.1. The van der Waals surface area contributed by atoms with Crippen LogP contribution in [0, 0.1) is 0 Å². The standard InChI is InChI=1S/C17H25NO/c1-18(15-8-5-9-15)16-12-14(10-11-17(16)19)13-6-3-2-4-7-13/h2-4,6-7,14-17,19H,5,8-12H2,1H3. The highest BCUT2D eigenvalue weighted by Gasteiger charge is 2.36. The van der Waals surface area contributed by atoms with E-state index in [9.17, 15) is 5.11 Å². The van der Waals surface area contributed by atoms with Crippen molar-refractivity contribution in [3.05, 3.63) is 35.9 Å². The summed E-state index contributed by atoms with van der Waals surface area (Å²) in [7, 11) is 2.21. The van der Waals surface area contributed by atoms with Crippen molar-refractivity contribution in [3.8, 4) is 0 Å². The largest absolute Gasteiger partial charge is 0.391 e. The molecule has 104 valence electrons. The molecule has 2 nitrogen and oxygen atoms in total. The zero-order chi connectivity index (χ0) is 13.2. The van der Waals surface area contributed by atoms with Crippen molar-refractivity contribution in [2.75, 3.05) is 7.05 Å². The van der Waals surface area contributed by atoms with Crippen molar-refractivity contribution in [2.45, 2.75) is 62.6 Å². The lowest BCUT2D eigenvalue weighted by Crippen LogP contribution is -2.51. The minimum atomic E-state index is -0.134. The third kappa shape index (κ3) is 2.70. The summed E-state index contributed by atoms with van der Waals surface area (Å²) in [6.07, 6.45) is 7.04. The van der Waals surface area contributed by atoms with Gasteiger partial charge in [0.05, 0.1) is 6.10 Å². The monoisotopic (exact) mass is 259 g/mol. The summed E-state index contributed by atoms with van der Waals surface area (Å²) in [6, 6.07) is 11.9. The number of likely N-dealkylation sites (N-methyl/N-ethyl adjacent to an activating group) is 1. The molecule has 2 aliphatic rings. The molecule has 0 spiro atoms. The average Bonchev–Trinajstić information content (AvgIpc) is 2.38. The Bertz CT molecular complexity index is 401. The summed E-state index contributed by atoms with van der Waals surface area (Å²) >= 11 is 0. The van der Waals surface area contributed by atoms with E-state index in [4.69, 9.17) is 0 Å². The van der Waals surface area contributed by atoms with Crippen LogP contribution in [0.25, 0.3) is 0 Å². The summed E-state index contributed by atoms with van der Waals surface area (Å²) in [6.45, 7) is 0. The molecule has 1 N–H and O–H groups in total. The number of hydrogen-bond donors (Lipinski definition) is 1. The van der Waals surface area contributed by atoms with Crippen molar-refractivity contribution in [1.82, 2.24) is 4.90 Å². The molecular weight excluding hydrogens is 234 g/mol. The Hall–Kier alpha value is -0.860. The van der Waals surface area contributed by atoms with E-state index in [1.807, 2.05) is 0 Å². The normalized spacial score (nSPS) is 32.3. The molecule has 19 heavy (non-hydrogen) atoms. The van der Waals surface area contributed by atoms with E-state index in [2.05, 4.69) is 42.3 Å². The average molecular weight is 259 g/mol. The van der Waals surface area contributed by atoms with Gasteiger partial charge in [0, 0.05) is 12.1 Å². The minimum Gasteiger partial charge on any atom is -0.391 e. The molecule has 0 bridgehead atoms. The molecule has 2 heteroatoms. The van der Waals surface area contributed by atoms with E-state index in [1.165, 1.54) is 24.8 Å². The molecule has 0 saturated heterocycles. The van der Waals surface area contributed by atoms with Crippen LogP contribution in [-0.4, -0.2) is 35.2 Å². The van der Waals surface area contributed by atoms with Crippen molar-refractivity contribution in [2.24, 2.45) is 0 Å². The van der Waals surface area contributed by atoms with Gasteiger partial charge in [0.25, 0.3) is 0 Å². The van der Waals surface area contributed by atoms with Crippen molar-refractivity contribution in [1.29, 1.82) is 0 Å². The molecular formula is C17H25NO. The first-order valence-corrected chi connectivity index (χ1v) is 7.70. The lowest BCUT2D eigenvalue weighted by atomic mass is 9.78. The quantitative estimate of drug-likeness (QED) is 0.901. The second-order valence-corrected chi connectivity index (χ2v) is 6.31. The predicted octanol–water partition coefficient (Wildman–Crippen LogP) is 3.17. The zero-order valence-corrected chi connectivity index (χ0v) is 11.8. The summed E-state index contributed by atoms with van der Waals surface area (Å²) in [5.74, 6) is 0.622. The predicted molar refractivity (Wildman–Crippen MR) is 78.2 cm³/mol. The Balaban J connectivity index is 1.70. The zero-order valence-electron chi connectivity index (χ0n) is 11.8. The van der Waals surface area contributed by atoms with E-state index in [0.717, 1.165) is 19.3 Å². The highest BCUT2D eigenvalue weighted by atomic mass is 16.3. The van der Waals surface area contributed by atoms with Gasteiger partial charge >= 0.3 is 0 Å². The molecule has 0 aliphatic heterocycles. The highest BCUT2D eigenvalue weighted by Crippen LogP contribution is 2.37. The Morgan fingerprint density at radius 1 is 1.05 bits per heavy atom. The molecule has 2 aliphatic carbocycles. The van der Waals surface area contributed by atoms with E-state index >= 15 is 0 Å². The second kappa shape index (κ2) is 5.64. The third-order valence-electron chi connectivity index (χ3n) is 5.23. The third-order valence-corrected chi connectivity index (χ3v) is 5.23. The van der Waals surface area contributed by atoms with Crippen LogP contribution in [0.5, 0.6) is 0 Å². The van der Waals surface area contributed by atoms with Crippen molar-refractivity contribution >= 4 is 0 Å². The number of rotatable bonds is 3. The molecule has 2 fully saturated rings. The lowest BCUT2D eigenvalue weighted by Gasteiger charge is -2.45. The molecule has 1 aromatic rings. The first-order valence-electron chi connectivity index (χ1n) is 7.70. The van der Waals surface area contributed by atoms with Crippen LogP contribution in [-0.2, 0) is 0 Å². The molecule has 0 aromatic heterocycles. The minimum absolute atomic E-state index is 0.134. The van der Waals surface area contributed by atoms with Gasteiger partial charge in [-0.3, -0.25) is 4.90 Å². The van der Waals surface area contributed by atoms with Crippen LogP contribution in [0.1, 0.15) is 50.0 Å². The van der Waals surface area contributed by atoms with E-state index in [-0.39, 0.29) is 6.10 Å². The van der Waals surface area contributed by atoms with Gasteiger partial charge in [-0.15, -0.1) is 0 Å². The van der Waals surface area contributed by atoms with Gasteiger partial charge in [-0.05, 0) is 50.6 Å². The van der Waals surface area contributed by atoms with Crippen LogP contribution in [0.2, 0.25) is 0 Å². The molecule has 3 atom stereocenters. The first-order chi connectivity index (χ1) is 9.25. The number of hydrogen-bond acceptors (Lipinski definition) is 2. The molecule has 1 aromatic carbocycles. The van der Waals surface area contributed by atoms with E-state index in [0.29, 0.717) is 18.0 Å². The number of nitrogens with zero attached hydrogens (tertiary/aromatic N) is 1. The van der Waals surface area contributed by atoms with Gasteiger partial charge in [0.1, 0.15) is 0 Å². The van der Waals surface area contributed by atoms with Crippen LogP contribution < -0.4 is 0 Å². The molecule has 3 unspecified atom stereocenters. The van der Waals surface area contributed by atoms with Crippen LogP contribution in [0.3, 0.4) is 0 Å². The molecule has 2 saturated carbocycles. The maximum Gasteiger partial charge on any atom is 0.0695 e. The summed E-state index contributed by atoms with van der Waals surface area (Å²) in [4.78, 5) is 2.46. The molecule has 3 rings (SSSR count). The van der Waals surface area contributed by atoms with Crippen molar-refractivity contribution < 1.29 is 5.11 Å². The highest BCUT2D eigenvalue weighted by molar-refractivity contribution is 5.20. The van der Waals surface area contributed by atoms with Gasteiger partial charge in [-0.25, -0.2) is 0 Å². The lowest BCUT2D eigenvalue weighted by molar-refractivity contribution is -0.00976. The Kier molecular flexibility index (Phi) is 3.90. The van der Waals surface area contributed by atoms with Crippen molar-refractivity contribution in [3.63, 3.8) is 0 Å². The van der Waals surface area contributed by atoms with Gasteiger partial charge < -0.3 is 5.11 Å². The molecule has 0 amide bonds. The number of aliphatic hydroxyl groups is 1. The Morgan fingerprint density at radius 3 is 2.42 bits per heavy atom. The van der Waals surface area contributed by atoms with E-state index < -0.39 is 0 Å². The Labute approximate surface area is 116 Å². The van der Waals surface area contributed by atoms with Gasteiger partial charge in [0.2, 0.25) is 0 Å². The fourth-order valence-electron chi connectivity index (χ4n) is 3.66. The van der Waals surface area contributed by atoms with Crippen LogP contribution >= 0.6 is 0 Å². The van der Waals surface area contributed by atoms with Gasteiger partial charge in [-0.2, -0.15) is 0 Å². The van der Waals surface area contributed by atoms with Gasteiger partial charge in [0.15, 0.2) is 0 Å². The van der Waals surface area contributed by atoms with Crippen LogP contribution in [0.4, 0.5) is 0 Å². The maximum absolute atomic E-state index is 10.3. The van der Waals surface area contributed by atoms with E-state index in [1.54, 1.807) is 0 Å². The second-order valence-electron chi connectivity index (χ2n) is 6.31. The van der Waals surface area contributed by atoms with Crippen LogP contribution in [0.15, 0.2) is 30.3 Å². The summed E-state index contributed by atoms with van der Waals surface area (Å²) in [5, 5.41) is 10.3. The smallest absolute Gasteiger partial charge is 0.0695 e. The molecule has 0 heterocycles. The topological polar surface area (TPSA) is 23.5 Å². The Morgan fingerprint density at radius 2 is 1.79 bits per heavy atom. The maximum atomic E-state index is 10.3. The van der Waals surface area contributed by atoms with Gasteiger partial charge in [-0.1, -0.05) is 36.8 Å². The number of aliphatic hydroxyl groups excluding tert-OH is 1. The fourth-order valence-corrected chi connectivity index (χ4v) is 3.66. The molecule has 0 radical (unpaired) electrons. The SMILES string of the molecule is CN(C1CCC1)C1CC(c2ccccc2)CCC1O.